The van der Waals surface area contributed by atoms with Gasteiger partial charge in [-0.3, -0.25) is 0 Å². The Bertz CT molecular complexity index is 315. The predicted octanol–water partition coefficient (Wildman–Crippen LogP) is 2.60. The molecule has 0 aliphatic heterocycles. The Morgan fingerprint density at radius 1 is 1.25 bits per heavy atom. The molecule has 3 heteroatoms. The van der Waals surface area contributed by atoms with Crippen LogP contribution in [0.2, 0.25) is 0 Å². The van der Waals surface area contributed by atoms with Crippen molar-refractivity contribution >= 4 is 0 Å². The number of nitrogens with zero attached hydrogens (tertiary/aromatic N) is 1. The van der Waals surface area contributed by atoms with Crippen molar-refractivity contribution in [1.29, 1.82) is 5.26 Å². The fourth-order valence-corrected chi connectivity index (χ4v) is 1.63. The van der Waals surface area contributed by atoms with Gasteiger partial charge in [0.05, 0.1) is 5.57 Å². The third-order valence-electron chi connectivity index (χ3n) is 2.49. The first-order chi connectivity index (χ1) is 7.58. The Morgan fingerprint density at radius 3 is 2.25 bits per heavy atom. The Morgan fingerprint density at radius 2 is 1.88 bits per heavy atom. The lowest BCUT2D eigenvalue weighted by Crippen LogP contribution is -2.06. The topological polar surface area (TPSA) is 75.8 Å². The first-order valence-electron chi connectivity index (χ1n) is 5.83. The molecule has 0 amide bonds. The molecule has 16 heavy (non-hydrogen) atoms. The summed E-state index contributed by atoms with van der Waals surface area (Å²) in [6.07, 6.45) is 3.48. The lowest BCUT2D eigenvalue weighted by atomic mass is 9.95. The van der Waals surface area contributed by atoms with Gasteiger partial charge in [0.2, 0.25) is 0 Å². The van der Waals surface area contributed by atoms with E-state index in [1.807, 2.05) is 13.8 Å². The van der Waals surface area contributed by atoms with Gasteiger partial charge in [-0.05, 0) is 45.2 Å². The van der Waals surface area contributed by atoms with Crippen LogP contribution in [0.3, 0.4) is 0 Å². The van der Waals surface area contributed by atoms with Crippen LogP contribution < -0.4 is 11.5 Å². The van der Waals surface area contributed by atoms with E-state index >= 15 is 0 Å². The van der Waals surface area contributed by atoms with E-state index in [2.05, 4.69) is 13.0 Å². The van der Waals surface area contributed by atoms with E-state index in [1.165, 1.54) is 0 Å². The minimum absolute atomic E-state index is 0.642. The Balaban J connectivity index is 5.11. The minimum Gasteiger partial charge on any atom is -0.401 e. The second-order valence-electron chi connectivity index (χ2n) is 4.13. The van der Waals surface area contributed by atoms with Crippen molar-refractivity contribution in [2.24, 2.45) is 11.5 Å². The van der Waals surface area contributed by atoms with Crippen LogP contribution >= 0.6 is 0 Å². The van der Waals surface area contributed by atoms with E-state index in [-0.39, 0.29) is 0 Å². The van der Waals surface area contributed by atoms with Crippen LogP contribution in [0.5, 0.6) is 0 Å². The van der Waals surface area contributed by atoms with E-state index in [1.54, 1.807) is 0 Å². The second kappa shape index (κ2) is 7.95. The van der Waals surface area contributed by atoms with Gasteiger partial charge in [-0.2, -0.15) is 5.26 Å². The molecule has 0 aliphatic rings. The van der Waals surface area contributed by atoms with E-state index in [0.29, 0.717) is 17.8 Å². The van der Waals surface area contributed by atoms with Gasteiger partial charge in [0, 0.05) is 5.70 Å². The highest BCUT2D eigenvalue weighted by Gasteiger charge is 2.10. The van der Waals surface area contributed by atoms with E-state index < -0.39 is 0 Å². The molecule has 4 N–H and O–H groups in total. The molecular formula is C13H23N3. The van der Waals surface area contributed by atoms with Crippen molar-refractivity contribution < 1.29 is 0 Å². The summed E-state index contributed by atoms with van der Waals surface area (Å²) >= 11 is 0. The maximum atomic E-state index is 9.19. The van der Waals surface area contributed by atoms with Crippen molar-refractivity contribution in [3.8, 4) is 6.07 Å². The average molecular weight is 221 g/mol. The van der Waals surface area contributed by atoms with Crippen LogP contribution in [0, 0.1) is 11.3 Å². The molecule has 0 saturated carbocycles. The van der Waals surface area contributed by atoms with Crippen LogP contribution in [0.1, 0.15) is 46.5 Å². The SMILES string of the molecule is CCC/C(N)=C(/C#N)C(CCCN)=C(C)C. The smallest absolute Gasteiger partial charge is 0.101 e. The van der Waals surface area contributed by atoms with Gasteiger partial charge in [0.25, 0.3) is 0 Å². The molecule has 0 spiro atoms. The van der Waals surface area contributed by atoms with Crippen molar-refractivity contribution in [2.45, 2.75) is 46.5 Å². The number of nitrogens with two attached hydrogens (primary N) is 2. The van der Waals surface area contributed by atoms with Crippen molar-refractivity contribution in [1.82, 2.24) is 0 Å². The van der Waals surface area contributed by atoms with Crippen molar-refractivity contribution in [3.63, 3.8) is 0 Å². The summed E-state index contributed by atoms with van der Waals surface area (Å²) in [7, 11) is 0. The van der Waals surface area contributed by atoms with Crippen LogP contribution in [-0.2, 0) is 0 Å². The number of rotatable bonds is 6. The molecule has 0 aromatic carbocycles. The standard InChI is InChI=1S/C13H23N3/c1-4-6-13(16)12(9-15)11(10(2)3)7-5-8-14/h4-8,14,16H2,1-3H3/b13-12+. The highest BCUT2D eigenvalue weighted by Crippen LogP contribution is 2.22. The molecule has 0 atom stereocenters. The van der Waals surface area contributed by atoms with Gasteiger partial charge >= 0.3 is 0 Å². The normalized spacial score (nSPS) is 11.7. The Labute approximate surface area is 98.8 Å². The summed E-state index contributed by atoms with van der Waals surface area (Å²) in [4.78, 5) is 0. The molecule has 0 radical (unpaired) electrons. The highest BCUT2D eigenvalue weighted by molar-refractivity contribution is 5.46. The molecule has 0 rings (SSSR count). The van der Waals surface area contributed by atoms with Gasteiger partial charge in [-0.25, -0.2) is 0 Å². The maximum absolute atomic E-state index is 9.19. The molecule has 0 aromatic rings. The minimum atomic E-state index is 0.642. The molecule has 0 unspecified atom stereocenters. The fraction of sp³-hybridized carbons (Fsp3) is 0.615. The molecule has 0 heterocycles. The van der Waals surface area contributed by atoms with E-state index in [0.717, 1.165) is 36.8 Å². The summed E-state index contributed by atoms with van der Waals surface area (Å²) in [6, 6.07) is 2.23. The van der Waals surface area contributed by atoms with Crippen molar-refractivity contribution in [2.75, 3.05) is 6.54 Å². The number of hydrogen-bond donors (Lipinski definition) is 2. The summed E-state index contributed by atoms with van der Waals surface area (Å²) < 4.78 is 0. The van der Waals surface area contributed by atoms with Crippen molar-refractivity contribution in [3.05, 3.63) is 22.4 Å². The largest absolute Gasteiger partial charge is 0.401 e. The zero-order valence-corrected chi connectivity index (χ0v) is 10.6. The van der Waals surface area contributed by atoms with E-state index in [4.69, 9.17) is 11.5 Å². The molecule has 0 bridgehead atoms. The fourth-order valence-electron chi connectivity index (χ4n) is 1.63. The van der Waals surface area contributed by atoms with E-state index in [9.17, 15) is 5.26 Å². The summed E-state index contributed by atoms with van der Waals surface area (Å²) in [5.74, 6) is 0. The molecule has 0 aliphatic carbocycles. The quantitative estimate of drug-likeness (QED) is 0.534. The van der Waals surface area contributed by atoms with Gasteiger partial charge in [-0.15, -0.1) is 0 Å². The summed E-state index contributed by atoms with van der Waals surface area (Å²) in [5.41, 5.74) is 15.0. The average Bonchev–Trinajstić information content (AvgIpc) is 2.23. The van der Waals surface area contributed by atoms with Gasteiger partial charge < -0.3 is 11.5 Å². The third-order valence-corrected chi connectivity index (χ3v) is 2.49. The zero-order valence-electron chi connectivity index (χ0n) is 10.6. The summed E-state index contributed by atoms with van der Waals surface area (Å²) in [6.45, 7) is 6.73. The van der Waals surface area contributed by atoms with Crippen LogP contribution in [0.4, 0.5) is 0 Å². The number of nitriles is 1. The zero-order chi connectivity index (χ0) is 12.6. The maximum Gasteiger partial charge on any atom is 0.101 e. The number of hydrogen-bond acceptors (Lipinski definition) is 3. The lowest BCUT2D eigenvalue weighted by molar-refractivity contribution is 0.814. The third kappa shape index (κ3) is 4.50. The molecule has 0 aromatic heterocycles. The number of allylic oxidation sites excluding steroid dienone is 4. The lowest BCUT2D eigenvalue weighted by Gasteiger charge is -2.11. The van der Waals surface area contributed by atoms with Gasteiger partial charge in [-0.1, -0.05) is 18.9 Å². The molecule has 0 saturated heterocycles. The monoisotopic (exact) mass is 221 g/mol. The first-order valence-corrected chi connectivity index (χ1v) is 5.83. The second-order valence-corrected chi connectivity index (χ2v) is 4.13. The first kappa shape index (κ1) is 14.7. The molecule has 3 nitrogen and oxygen atoms in total. The van der Waals surface area contributed by atoms with Gasteiger partial charge in [0.1, 0.15) is 6.07 Å². The van der Waals surface area contributed by atoms with Crippen LogP contribution in [0.15, 0.2) is 22.4 Å². The van der Waals surface area contributed by atoms with Crippen LogP contribution in [0.25, 0.3) is 0 Å². The Kier molecular flexibility index (Phi) is 7.32. The molecule has 90 valence electrons. The predicted molar refractivity (Wildman–Crippen MR) is 68.4 cm³/mol. The molecule has 0 fully saturated rings. The van der Waals surface area contributed by atoms with Crippen LogP contribution in [-0.4, -0.2) is 6.54 Å². The molecular weight excluding hydrogens is 198 g/mol. The summed E-state index contributed by atoms with van der Waals surface area (Å²) in [5, 5.41) is 9.19. The van der Waals surface area contributed by atoms with Gasteiger partial charge in [0.15, 0.2) is 0 Å². The Hall–Kier alpha value is -1.27. The highest BCUT2D eigenvalue weighted by atomic mass is 14.6.